The summed E-state index contributed by atoms with van der Waals surface area (Å²) in [4.78, 5) is 25.8. The fraction of sp³-hybridized carbons (Fsp3) is 0.444. The summed E-state index contributed by atoms with van der Waals surface area (Å²) in [6.07, 6.45) is 4.24. The summed E-state index contributed by atoms with van der Waals surface area (Å²) in [6, 6.07) is 7.22. The van der Waals surface area contributed by atoms with Crippen molar-refractivity contribution < 1.29 is 14.0 Å². The first kappa shape index (κ1) is 14.5. The third-order valence-corrected chi connectivity index (χ3v) is 5.06. The number of fused-ring (bicyclic) bond motifs is 5. The summed E-state index contributed by atoms with van der Waals surface area (Å²) in [7, 11) is 0. The second kappa shape index (κ2) is 5.81. The molecule has 1 aromatic heterocycles. The van der Waals surface area contributed by atoms with Crippen molar-refractivity contribution in [3.8, 4) is 0 Å². The first-order chi connectivity index (χ1) is 11.2. The molecule has 0 aliphatic carbocycles. The zero-order valence-corrected chi connectivity index (χ0v) is 13.0. The zero-order chi connectivity index (χ0) is 15.8. The molecule has 3 saturated heterocycles. The maximum Gasteiger partial charge on any atom is 0.251 e. The Morgan fingerprint density at radius 1 is 1.26 bits per heavy atom. The van der Waals surface area contributed by atoms with Crippen LogP contribution in [-0.2, 0) is 0 Å². The van der Waals surface area contributed by atoms with Crippen LogP contribution in [0.25, 0.3) is 11.0 Å². The van der Waals surface area contributed by atoms with Crippen molar-refractivity contribution in [1.29, 1.82) is 0 Å². The highest BCUT2D eigenvalue weighted by atomic mass is 16.3. The number of aldehydes is 1. The second-order valence-electron chi connectivity index (χ2n) is 6.67. The summed E-state index contributed by atoms with van der Waals surface area (Å²) >= 11 is 0. The number of furan rings is 1. The molecular formula is C18H20N2O3. The Bertz CT molecular complexity index is 730. The van der Waals surface area contributed by atoms with Crippen LogP contribution in [0.3, 0.4) is 0 Å². The zero-order valence-electron chi connectivity index (χ0n) is 13.0. The van der Waals surface area contributed by atoms with Gasteiger partial charge in [-0.25, -0.2) is 0 Å². The van der Waals surface area contributed by atoms with Gasteiger partial charge in [0.2, 0.25) is 0 Å². The molecule has 120 valence electrons. The lowest BCUT2D eigenvalue weighted by Crippen LogP contribution is -2.41. The van der Waals surface area contributed by atoms with Crippen LogP contribution in [-0.4, -0.2) is 42.8 Å². The van der Waals surface area contributed by atoms with Crippen LogP contribution in [0.1, 0.15) is 40.2 Å². The van der Waals surface area contributed by atoms with Gasteiger partial charge in [0.1, 0.15) is 5.58 Å². The predicted octanol–water partition coefficient (Wildman–Crippen LogP) is 2.46. The van der Waals surface area contributed by atoms with Gasteiger partial charge in [-0.1, -0.05) is 6.07 Å². The van der Waals surface area contributed by atoms with Gasteiger partial charge in [0.05, 0.1) is 0 Å². The van der Waals surface area contributed by atoms with Crippen molar-refractivity contribution in [2.75, 3.05) is 19.6 Å². The second-order valence-corrected chi connectivity index (χ2v) is 6.67. The molecule has 3 aliphatic rings. The predicted molar refractivity (Wildman–Crippen MR) is 86.6 cm³/mol. The summed E-state index contributed by atoms with van der Waals surface area (Å²) in [5, 5.41) is 4.01. The molecule has 0 spiro atoms. The molecule has 1 N–H and O–H groups in total. The van der Waals surface area contributed by atoms with E-state index in [1.54, 1.807) is 18.2 Å². The number of nitrogens with one attached hydrogen (secondary N) is 1. The van der Waals surface area contributed by atoms with Gasteiger partial charge in [-0.15, -0.1) is 0 Å². The smallest absolute Gasteiger partial charge is 0.251 e. The molecule has 4 heterocycles. The van der Waals surface area contributed by atoms with Crippen molar-refractivity contribution in [1.82, 2.24) is 10.2 Å². The fourth-order valence-corrected chi connectivity index (χ4v) is 3.82. The molecule has 5 heteroatoms. The number of hydrogen-bond acceptors (Lipinski definition) is 4. The number of carbonyl (C=O) groups excluding carboxylic acids is 2. The van der Waals surface area contributed by atoms with Gasteiger partial charge in [0.25, 0.3) is 5.91 Å². The topological polar surface area (TPSA) is 62.6 Å². The molecule has 2 bridgehead atoms. The van der Waals surface area contributed by atoms with Crippen molar-refractivity contribution in [3.05, 3.63) is 35.6 Å². The Labute approximate surface area is 134 Å². The van der Waals surface area contributed by atoms with Gasteiger partial charge in [-0.3, -0.25) is 9.59 Å². The highest BCUT2D eigenvalue weighted by Crippen LogP contribution is 2.27. The highest BCUT2D eigenvalue weighted by Gasteiger charge is 2.29. The molecule has 23 heavy (non-hydrogen) atoms. The van der Waals surface area contributed by atoms with Crippen LogP contribution >= 0.6 is 0 Å². The van der Waals surface area contributed by atoms with E-state index in [1.807, 2.05) is 6.07 Å². The van der Waals surface area contributed by atoms with E-state index in [4.69, 9.17) is 4.42 Å². The van der Waals surface area contributed by atoms with E-state index in [-0.39, 0.29) is 17.7 Å². The minimum Gasteiger partial charge on any atom is -0.453 e. The third kappa shape index (κ3) is 2.88. The Morgan fingerprint density at radius 3 is 2.87 bits per heavy atom. The molecule has 3 fully saturated rings. The molecule has 0 saturated carbocycles. The average Bonchev–Trinajstić information content (AvgIpc) is 2.77. The van der Waals surface area contributed by atoms with Crippen LogP contribution in [0.2, 0.25) is 0 Å². The number of amides is 1. The lowest BCUT2D eigenvalue weighted by molar-refractivity contribution is 0.0928. The maximum absolute atomic E-state index is 12.5. The van der Waals surface area contributed by atoms with Crippen LogP contribution in [0, 0.1) is 5.92 Å². The molecule has 0 radical (unpaired) electrons. The first-order valence-electron chi connectivity index (χ1n) is 8.23. The normalized spacial score (nSPS) is 26.9. The fourth-order valence-electron chi connectivity index (χ4n) is 3.82. The Balaban J connectivity index is 1.51. The van der Waals surface area contributed by atoms with Gasteiger partial charge in [-0.2, -0.15) is 0 Å². The minimum absolute atomic E-state index is 0.0662. The highest BCUT2D eigenvalue weighted by molar-refractivity contribution is 5.98. The molecule has 2 aromatic rings. The van der Waals surface area contributed by atoms with Gasteiger partial charge in [0, 0.05) is 23.5 Å². The molecule has 5 nitrogen and oxygen atoms in total. The van der Waals surface area contributed by atoms with E-state index < -0.39 is 0 Å². The van der Waals surface area contributed by atoms with Crippen molar-refractivity contribution in [2.24, 2.45) is 5.92 Å². The molecule has 1 aromatic carbocycles. The van der Waals surface area contributed by atoms with Crippen molar-refractivity contribution in [2.45, 2.75) is 25.3 Å². The first-order valence-corrected chi connectivity index (χ1v) is 8.23. The number of nitrogens with zero attached hydrogens (tertiary/aromatic N) is 1. The summed E-state index contributed by atoms with van der Waals surface area (Å²) < 4.78 is 5.41. The number of hydrogen-bond donors (Lipinski definition) is 1. The Morgan fingerprint density at radius 2 is 2.09 bits per heavy atom. The minimum atomic E-state index is -0.0662. The van der Waals surface area contributed by atoms with E-state index in [0.717, 1.165) is 37.4 Å². The number of benzene rings is 1. The lowest BCUT2D eigenvalue weighted by atomic mass is 9.94. The van der Waals surface area contributed by atoms with Crippen LogP contribution in [0.4, 0.5) is 0 Å². The maximum atomic E-state index is 12.5. The standard InChI is InChI=1S/C18H20N2O3/c21-11-16-8-13-1-2-14(9-17(13)23-16)18(22)19-15-7-12-3-5-20(10-15)6-4-12/h1-2,8-9,11-12,15H,3-7,10H2,(H,19,22). The Kier molecular flexibility index (Phi) is 3.65. The monoisotopic (exact) mass is 312 g/mol. The molecular weight excluding hydrogens is 292 g/mol. The largest absolute Gasteiger partial charge is 0.453 e. The van der Waals surface area contributed by atoms with Crippen LogP contribution in [0.5, 0.6) is 0 Å². The SMILES string of the molecule is O=Cc1cc2ccc(C(=O)NC3CC4CCN(CC4)C3)cc2o1. The number of carbonyl (C=O) groups is 2. The molecule has 1 unspecified atom stereocenters. The molecule has 1 amide bonds. The van der Waals surface area contributed by atoms with Gasteiger partial charge >= 0.3 is 0 Å². The van der Waals surface area contributed by atoms with Crippen molar-refractivity contribution >= 4 is 23.2 Å². The van der Waals surface area contributed by atoms with E-state index in [9.17, 15) is 9.59 Å². The van der Waals surface area contributed by atoms with Crippen LogP contribution < -0.4 is 5.32 Å². The van der Waals surface area contributed by atoms with E-state index in [2.05, 4.69) is 10.2 Å². The third-order valence-electron chi connectivity index (χ3n) is 5.06. The number of rotatable bonds is 3. The van der Waals surface area contributed by atoms with Gasteiger partial charge in [0.15, 0.2) is 12.0 Å². The number of piperidine rings is 1. The van der Waals surface area contributed by atoms with E-state index in [1.165, 1.54) is 12.8 Å². The Hall–Kier alpha value is -2.14. The summed E-state index contributed by atoms with van der Waals surface area (Å²) in [5.41, 5.74) is 1.15. The van der Waals surface area contributed by atoms with E-state index in [0.29, 0.717) is 17.4 Å². The van der Waals surface area contributed by atoms with Crippen LogP contribution in [0.15, 0.2) is 28.7 Å². The summed E-state index contributed by atoms with van der Waals surface area (Å²) in [5.74, 6) is 0.955. The van der Waals surface area contributed by atoms with E-state index >= 15 is 0 Å². The quantitative estimate of drug-likeness (QED) is 0.884. The molecule has 3 aliphatic heterocycles. The van der Waals surface area contributed by atoms with Crippen molar-refractivity contribution in [3.63, 3.8) is 0 Å². The average molecular weight is 312 g/mol. The lowest BCUT2D eigenvalue weighted by Gasteiger charge is -2.26. The molecule has 1 atom stereocenters. The molecule has 5 rings (SSSR count). The summed E-state index contributed by atoms with van der Waals surface area (Å²) in [6.45, 7) is 3.26. The van der Waals surface area contributed by atoms with Gasteiger partial charge < -0.3 is 14.6 Å². The van der Waals surface area contributed by atoms with Gasteiger partial charge in [-0.05, 0) is 56.5 Å².